The Labute approximate surface area is 212 Å². The van der Waals surface area contributed by atoms with Gasteiger partial charge in [0.05, 0.1) is 18.1 Å². The number of hydrogen-bond donors (Lipinski definition) is 1. The number of rotatable bonds is 6. The van der Waals surface area contributed by atoms with Gasteiger partial charge in [-0.1, -0.05) is 6.07 Å². The van der Waals surface area contributed by atoms with Crippen molar-refractivity contribution >= 4 is 43.1 Å². The molecule has 5 rings (SSSR count). The highest BCUT2D eigenvalue weighted by atomic mass is 32.2. The van der Waals surface area contributed by atoms with E-state index in [1.54, 1.807) is 12.1 Å². The molecule has 3 aromatic rings. The lowest BCUT2D eigenvalue weighted by Crippen LogP contribution is -2.31. The van der Waals surface area contributed by atoms with Crippen LogP contribution in [0.25, 0.3) is 10.2 Å². The van der Waals surface area contributed by atoms with Gasteiger partial charge in [-0.25, -0.2) is 18.4 Å². The third-order valence-electron chi connectivity index (χ3n) is 7.03. The second-order valence-corrected chi connectivity index (χ2v) is 12.9. The summed E-state index contributed by atoms with van der Waals surface area (Å²) in [4.78, 5) is 14.2. The van der Waals surface area contributed by atoms with E-state index < -0.39 is 22.6 Å². The van der Waals surface area contributed by atoms with Gasteiger partial charge in [0, 0.05) is 42.2 Å². The molecule has 7 nitrogen and oxygen atoms in total. The van der Waals surface area contributed by atoms with E-state index in [1.165, 1.54) is 6.33 Å². The first-order valence-corrected chi connectivity index (χ1v) is 14.4. The van der Waals surface area contributed by atoms with Crippen LogP contribution in [0.4, 0.5) is 24.7 Å². The molecule has 2 aromatic heterocycles. The number of likely N-dealkylation sites (tertiary alicyclic amines) is 1. The van der Waals surface area contributed by atoms with Crippen LogP contribution in [0.2, 0.25) is 0 Å². The van der Waals surface area contributed by atoms with Gasteiger partial charge in [0.1, 0.15) is 17.0 Å². The molecular formula is C24H28F3N5O2S2. The Morgan fingerprint density at radius 2 is 1.92 bits per heavy atom. The lowest BCUT2D eigenvalue weighted by molar-refractivity contribution is -0.126. The molecule has 36 heavy (non-hydrogen) atoms. The summed E-state index contributed by atoms with van der Waals surface area (Å²) in [5.74, 6) is 0.727. The summed E-state index contributed by atoms with van der Waals surface area (Å²) in [7, 11) is -3.32. The van der Waals surface area contributed by atoms with E-state index in [1.807, 2.05) is 19.1 Å². The second kappa shape index (κ2) is 9.14. The van der Waals surface area contributed by atoms with Gasteiger partial charge in [-0.05, 0) is 55.6 Å². The first-order valence-electron chi connectivity index (χ1n) is 11.7. The number of thiophene rings is 1. The molecule has 1 unspecified atom stereocenters. The van der Waals surface area contributed by atoms with Crippen molar-refractivity contribution in [1.82, 2.24) is 14.9 Å². The molecule has 2 saturated heterocycles. The average Bonchev–Trinajstić information content (AvgIpc) is 3.46. The summed E-state index contributed by atoms with van der Waals surface area (Å²) >= 11 is 1.08. The van der Waals surface area contributed by atoms with Gasteiger partial charge in [-0.15, -0.1) is 11.3 Å². The lowest BCUT2D eigenvalue weighted by atomic mass is 9.86. The normalized spacial score (nSPS) is 21.2. The summed E-state index contributed by atoms with van der Waals surface area (Å²) in [5, 5.41) is 0.701. The fourth-order valence-corrected chi connectivity index (χ4v) is 7.01. The number of hydrogen-bond acceptors (Lipinski definition) is 7. The Bertz CT molecular complexity index is 1390. The molecule has 1 spiro atoms. The van der Waals surface area contributed by atoms with Gasteiger partial charge in [-0.3, -0.25) is 9.62 Å². The Morgan fingerprint density at radius 1 is 1.14 bits per heavy atom. The monoisotopic (exact) mass is 539 g/mol. The minimum Gasteiger partial charge on any atom is -0.355 e. The Kier molecular flexibility index (Phi) is 6.40. The predicted molar refractivity (Wildman–Crippen MR) is 136 cm³/mol. The topological polar surface area (TPSA) is 78.4 Å². The van der Waals surface area contributed by atoms with E-state index in [4.69, 9.17) is 0 Å². The number of aromatic nitrogens is 2. The first-order chi connectivity index (χ1) is 16.9. The van der Waals surface area contributed by atoms with Crippen LogP contribution < -0.4 is 9.62 Å². The van der Waals surface area contributed by atoms with E-state index in [0.29, 0.717) is 15.9 Å². The molecule has 0 saturated carbocycles. The Morgan fingerprint density at radius 3 is 2.64 bits per heavy atom. The molecule has 2 fully saturated rings. The molecule has 4 heterocycles. The Hall–Kier alpha value is -2.44. The van der Waals surface area contributed by atoms with Crippen LogP contribution in [0.3, 0.4) is 0 Å². The molecule has 12 heteroatoms. The van der Waals surface area contributed by atoms with Crippen LogP contribution in [0, 0.1) is 12.3 Å². The van der Waals surface area contributed by atoms with Crippen LogP contribution in [0.5, 0.6) is 0 Å². The van der Waals surface area contributed by atoms with Crippen LogP contribution >= 0.6 is 11.3 Å². The van der Waals surface area contributed by atoms with E-state index in [-0.39, 0.29) is 10.3 Å². The number of alkyl halides is 3. The maximum absolute atomic E-state index is 12.9. The third-order valence-corrected chi connectivity index (χ3v) is 8.68. The molecule has 1 aromatic carbocycles. The number of benzene rings is 1. The number of anilines is 2. The zero-order valence-corrected chi connectivity index (χ0v) is 21.7. The van der Waals surface area contributed by atoms with E-state index in [9.17, 15) is 21.6 Å². The summed E-state index contributed by atoms with van der Waals surface area (Å²) < 4.78 is 64.2. The van der Waals surface area contributed by atoms with E-state index >= 15 is 0 Å². The summed E-state index contributed by atoms with van der Waals surface area (Å²) in [6, 6.07) is 7.22. The SMILES string of the molecule is Cc1cc(NS(C)(=O)=O)ccc1CN1CCC2(CCN(c3ncnc4sc(CC(F)(F)F)cc34)C2)C1. The van der Waals surface area contributed by atoms with Crippen LogP contribution in [0.15, 0.2) is 30.6 Å². The fraction of sp³-hybridized carbons (Fsp3) is 0.500. The highest BCUT2D eigenvalue weighted by molar-refractivity contribution is 7.92. The zero-order chi connectivity index (χ0) is 25.7. The van der Waals surface area contributed by atoms with Crippen molar-refractivity contribution in [3.63, 3.8) is 0 Å². The molecular weight excluding hydrogens is 511 g/mol. The quantitative estimate of drug-likeness (QED) is 0.494. The van der Waals surface area contributed by atoms with E-state index in [2.05, 4.69) is 24.5 Å². The molecule has 0 radical (unpaired) electrons. The van der Waals surface area contributed by atoms with Gasteiger partial charge >= 0.3 is 6.18 Å². The second-order valence-electron chi connectivity index (χ2n) is 10.1. The first kappa shape index (κ1) is 25.2. The van der Waals surface area contributed by atoms with Crippen LogP contribution in [-0.4, -0.2) is 61.9 Å². The minimum absolute atomic E-state index is 0.119. The lowest BCUT2D eigenvalue weighted by Gasteiger charge is -2.25. The molecule has 1 atom stereocenters. The Balaban J connectivity index is 1.27. The minimum atomic E-state index is -4.25. The smallest absolute Gasteiger partial charge is 0.355 e. The summed E-state index contributed by atoms with van der Waals surface area (Å²) in [6.07, 6.45) is -0.558. The number of sulfonamides is 1. The highest BCUT2D eigenvalue weighted by Crippen LogP contribution is 2.43. The number of nitrogens with zero attached hydrogens (tertiary/aromatic N) is 4. The third kappa shape index (κ3) is 5.60. The van der Waals surface area contributed by atoms with Gasteiger partial charge in [0.15, 0.2) is 0 Å². The maximum atomic E-state index is 12.9. The average molecular weight is 540 g/mol. The number of nitrogens with one attached hydrogen (secondary N) is 1. The number of fused-ring (bicyclic) bond motifs is 1. The van der Waals surface area contributed by atoms with E-state index in [0.717, 1.165) is 80.1 Å². The molecule has 2 aliphatic rings. The van der Waals surface area contributed by atoms with Crippen LogP contribution in [-0.2, 0) is 23.0 Å². The summed E-state index contributed by atoms with van der Waals surface area (Å²) in [6.45, 7) is 6.30. The highest BCUT2D eigenvalue weighted by Gasteiger charge is 2.44. The van der Waals surface area contributed by atoms with Crippen molar-refractivity contribution in [3.05, 3.63) is 46.6 Å². The maximum Gasteiger partial charge on any atom is 0.393 e. The van der Waals surface area contributed by atoms with Crippen molar-refractivity contribution in [1.29, 1.82) is 0 Å². The van der Waals surface area contributed by atoms with Crippen molar-refractivity contribution in [2.45, 2.75) is 38.9 Å². The molecule has 194 valence electrons. The van der Waals surface area contributed by atoms with Crippen molar-refractivity contribution in [3.8, 4) is 0 Å². The van der Waals surface area contributed by atoms with Gasteiger partial charge in [0.2, 0.25) is 10.0 Å². The van der Waals surface area contributed by atoms with Gasteiger partial charge in [0.25, 0.3) is 0 Å². The van der Waals surface area contributed by atoms with Crippen molar-refractivity contribution < 1.29 is 21.6 Å². The molecule has 2 aliphatic heterocycles. The molecule has 0 amide bonds. The van der Waals surface area contributed by atoms with Crippen LogP contribution in [0.1, 0.15) is 28.8 Å². The van der Waals surface area contributed by atoms with Gasteiger partial charge < -0.3 is 4.90 Å². The number of aryl methyl sites for hydroxylation is 1. The number of halogens is 3. The van der Waals surface area contributed by atoms with Crippen molar-refractivity contribution in [2.75, 3.05) is 42.1 Å². The van der Waals surface area contributed by atoms with Crippen molar-refractivity contribution in [2.24, 2.45) is 5.41 Å². The zero-order valence-electron chi connectivity index (χ0n) is 20.1. The molecule has 1 N–H and O–H groups in total. The fourth-order valence-electron chi connectivity index (χ4n) is 5.43. The largest absolute Gasteiger partial charge is 0.393 e. The molecule has 0 bridgehead atoms. The predicted octanol–water partition coefficient (Wildman–Crippen LogP) is 4.58. The van der Waals surface area contributed by atoms with Gasteiger partial charge in [-0.2, -0.15) is 13.2 Å². The molecule has 0 aliphatic carbocycles. The standard InChI is InChI=1S/C24H28F3N5O2S2/c1-16-9-18(30-36(2,33)34)4-3-17(16)12-31-7-5-23(13-31)6-8-32(14-23)21-20-10-19(11-24(25,26)27)35-22(20)29-15-28-21/h3-4,9-10,15,30H,5-8,11-14H2,1-2H3. The summed E-state index contributed by atoms with van der Waals surface area (Å²) in [5.41, 5.74) is 2.88.